The monoisotopic (exact) mass is 176 g/mol. The maximum Gasteiger partial charge on any atom is 0.303 e. The lowest BCUT2D eigenvalue weighted by molar-refractivity contribution is -0.144. The lowest BCUT2D eigenvalue weighted by Crippen LogP contribution is -2.06. The van der Waals surface area contributed by atoms with Crippen LogP contribution in [-0.2, 0) is 14.3 Å². The van der Waals surface area contributed by atoms with Crippen LogP contribution in [0.3, 0.4) is 0 Å². The van der Waals surface area contributed by atoms with Crippen LogP contribution in [0.25, 0.3) is 0 Å². The molecule has 0 aromatic heterocycles. The first-order valence-electron chi connectivity index (χ1n) is 3.79. The lowest BCUT2D eigenvalue weighted by Gasteiger charge is -2.01. The number of carbonyl (C=O) groups is 2. The van der Waals surface area contributed by atoms with E-state index in [1.54, 1.807) is 6.92 Å². The van der Waals surface area contributed by atoms with Gasteiger partial charge in [-0.1, -0.05) is 6.92 Å². The van der Waals surface area contributed by atoms with E-state index in [1.807, 2.05) is 13.8 Å². The Morgan fingerprint density at radius 3 is 1.75 bits per heavy atom. The minimum atomic E-state index is -0.745. The van der Waals surface area contributed by atoms with Crippen molar-refractivity contribution >= 4 is 11.9 Å². The fraction of sp³-hybridized carbons (Fsp3) is 0.750. The fourth-order valence-corrected chi connectivity index (χ4v) is 0.332. The van der Waals surface area contributed by atoms with Crippen molar-refractivity contribution < 1.29 is 19.4 Å². The molecule has 0 spiro atoms. The Labute approximate surface area is 72.5 Å². The van der Waals surface area contributed by atoms with Gasteiger partial charge in [-0.25, -0.2) is 0 Å². The zero-order chi connectivity index (χ0) is 10.1. The number of hydrogen-bond donors (Lipinski definition) is 1. The lowest BCUT2D eigenvalue weighted by atomic mass is 10.5. The molecule has 12 heavy (non-hydrogen) atoms. The second kappa shape index (κ2) is 8.04. The number of hydrogen-bond acceptors (Lipinski definition) is 3. The summed E-state index contributed by atoms with van der Waals surface area (Å²) < 4.78 is 4.61. The summed E-state index contributed by atoms with van der Waals surface area (Å²) in [6.07, 6.45) is 0.248. The summed E-state index contributed by atoms with van der Waals surface area (Å²) in [5.74, 6) is -0.958. The van der Waals surface area contributed by atoms with Gasteiger partial charge in [0, 0.05) is 13.3 Å². The molecule has 0 fully saturated rings. The highest BCUT2D eigenvalue weighted by Crippen LogP contribution is 1.85. The number of rotatable bonds is 2. The summed E-state index contributed by atoms with van der Waals surface area (Å²) in [4.78, 5) is 19.4. The molecule has 0 aliphatic heterocycles. The number of carboxylic acid groups (broad SMARTS) is 1. The Bertz CT molecular complexity index is 140. The zero-order valence-corrected chi connectivity index (χ0v) is 7.96. The van der Waals surface area contributed by atoms with Crippen LogP contribution in [0.4, 0.5) is 0 Å². The molecule has 0 aromatic carbocycles. The first kappa shape index (κ1) is 13.5. The highest BCUT2D eigenvalue weighted by atomic mass is 16.5. The van der Waals surface area contributed by atoms with E-state index in [4.69, 9.17) is 5.11 Å². The van der Waals surface area contributed by atoms with Gasteiger partial charge in [0.05, 0.1) is 6.10 Å². The standard InChI is InChI=1S/C5H10O2.C3H6O2/c1-4(2)7-5(3)6;1-2-3(4)5/h4H,1-3H3;2H2,1H3,(H,4,5). The molecule has 0 amide bonds. The highest BCUT2D eigenvalue weighted by molar-refractivity contribution is 5.66. The second-order valence-electron chi connectivity index (χ2n) is 2.41. The van der Waals surface area contributed by atoms with Crippen LogP contribution < -0.4 is 0 Å². The van der Waals surface area contributed by atoms with E-state index in [0.717, 1.165) is 0 Å². The second-order valence-corrected chi connectivity index (χ2v) is 2.41. The van der Waals surface area contributed by atoms with Crippen LogP contribution >= 0.6 is 0 Å². The zero-order valence-electron chi connectivity index (χ0n) is 7.96. The fourth-order valence-electron chi connectivity index (χ4n) is 0.332. The predicted molar refractivity (Wildman–Crippen MR) is 44.8 cm³/mol. The Hall–Kier alpha value is -1.06. The maximum atomic E-state index is 10.0. The van der Waals surface area contributed by atoms with E-state index in [0.29, 0.717) is 0 Å². The highest BCUT2D eigenvalue weighted by Gasteiger charge is 1.93. The molecule has 0 aromatic rings. The van der Waals surface area contributed by atoms with Crippen LogP contribution in [0, 0.1) is 0 Å². The van der Waals surface area contributed by atoms with Gasteiger partial charge in [-0.2, -0.15) is 0 Å². The normalized spacial score (nSPS) is 8.42. The Balaban J connectivity index is 0. The quantitative estimate of drug-likeness (QED) is 0.646. The Kier molecular flexibility index (Phi) is 9.06. The molecule has 4 heteroatoms. The molecule has 0 heterocycles. The van der Waals surface area contributed by atoms with Crippen molar-refractivity contribution in [2.24, 2.45) is 0 Å². The molecular weight excluding hydrogens is 160 g/mol. The van der Waals surface area contributed by atoms with Crippen molar-refractivity contribution in [3.8, 4) is 0 Å². The number of carbonyl (C=O) groups excluding carboxylic acids is 1. The molecule has 0 rings (SSSR count). The Morgan fingerprint density at radius 1 is 1.42 bits per heavy atom. The van der Waals surface area contributed by atoms with Gasteiger partial charge in [0.1, 0.15) is 0 Å². The van der Waals surface area contributed by atoms with Gasteiger partial charge in [-0.15, -0.1) is 0 Å². The van der Waals surface area contributed by atoms with Crippen LogP contribution in [0.5, 0.6) is 0 Å². The van der Waals surface area contributed by atoms with Crippen LogP contribution in [0.15, 0.2) is 0 Å². The average molecular weight is 176 g/mol. The molecule has 0 bridgehead atoms. The van der Waals surface area contributed by atoms with E-state index in [1.165, 1.54) is 6.92 Å². The molecule has 72 valence electrons. The van der Waals surface area contributed by atoms with Crippen molar-refractivity contribution in [2.45, 2.75) is 40.2 Å². The van der Waals surface area contributed by atoms with Gasteiger partial charge in [0.2, 0.25) is 0 Å². The smallest absolute Gasteiger partial charge is 0.303 e. The summed E-state index contributed by atoms with van der Waals surface area (Å²) in [7, 11) is 0. The third-order valence-electron chi connectivity index (χ3n) is 0.704. The molecule has 0 saturated carbocycles. The van der Waals surface area contributed by atoms with Crippen LogP contribution in [-0.4, -0.2) is 23.1 Å². The molecule has 1 N–H and O–H groups in total. The number of ether oxygens (including phenoxy) is 1. The average Bonchev–Trinajstić information content (AvgIpc) is 1.85. The van der Waals surface area contributed by atoms with E-state index < -0.39 is 5.97 Å². The van der Waals surface area contributed by atoms with Gasteiger partial charge in [0.15, 0.2) is 0 Å². The topological polar surface area (TPSA) is 63.6 Å². The molecular formula is C8H16O4. The maximum absolute atomic E-state index is 10.0. The van der Waals surface area contributed by atoms with Gasteiger partial charge in [0.25, 0.3) is 0 Å². The van der Waals surface area contributed by atoms with Crippen molar-refractivity contribution in [1.29, 1.82) is 0 Å². The van der Waals surface area contributed by atoms with Gasteiger partial charge in [-0.05, 0) is 13.8 Å². The van der Waals surface area contributed by atoms with E-state index in [2.05, 4.69) is 4.74 Å². The van der Waals surface area contributed by atoms with Crippen LogP contribution in [0.1, 0.15) is 34.1 Å². The first-order valence-corrected chi connectivity index (χ1v) is 3.79. The Morgan fingerprint density at radius 2 is 1.75 bits per heavy atom. The largest absolute Gasteiger partial charge is 0.481 e. The molecule has 4 nitrogen and oxygen atoms in total. The first-order chi connectivity index (χ1) is 5.40. The van der Waals surface area contributed by atoms with E-state index in [9.17, 15) is 9.59 Å². The number of carboxylic acids is 1. The summed E-state index contributed by atoms with van der Waals surface area (Å²) in [6.45, 7) is 6.64. The van der Waals surface area contributed by atoms with Crippen molar-refractivity contribution in [3.63, 3.8) is 0 Å². The van der Waals surface area contributed by atoms with Gasteiger partial charge >= 0.3 is 11.9 Å². The summed E-state index contributed by atoms with van der Waals surface area (Å²) in [5.41, 5.74) is 0. The summed E-state index contributed by atoms with van der Waals surface area (Å²) in [5, 5.41) is 7.72. The summed E-state index contributed by atoms with van der Waals surface area (Å²) in [6, 6.07) is 0. The molecule has 0 aliphatic carbocycles. The predicted octanol–water partition coefficient (Wildman–Crippen LogP) is 1.44. The van der Waals surface area contributed by atoms with Gasteiger partial charge < -0.3 is 9.84 Å². The number of aliphatic carboxylic acids is 1. The van der Waals surface area contributed by atoms with Gasteiger partial charge in [-0.3, -0.25) is 9.59 Å². The number of esters is 1. The molecule has 0 saturated heterocycles. The molecule has 0 atom stereocenters. The molecule has 0 aliphatic rings. The minimum absolute atomic E-state index is 0.0255. The van der Waals surface area contributed by atoms with Crippen molar-refractivity contribution in [1.82, 2.24) is 0 Å². The SMILES string of the molecule is CC(=O)OC(C)C.CCC(=O)O. The molecule has 0 unspecified atom stereocenters. The van der Waals surface area contributed by atoms with E-state index in [-0.39, 0.29) is 18.5 Å². The van der Waals surface area contributed by atoms with Crippen molar-refractivity contribution in [3.05, 3.63) is 0 Å². The summed E-state index contributed by atoms with van der Waals surface area (Å²) >= 11 is 0. The third kappa shape index (κ3) is 23.1. The minimum Gasteiger partial charge on any atom is -0.481 e. The van der Waals surface area contributed by atoms with E-state index >= 15 is 0 Å². The van der Waals surface area contributed by atoms with Crippen molar-refractivity contribution in [2.75, 3.05) is 0 Å². The third-order valence-corrected chi connectivity index (χ3v) is 0.704. The molecule has 0 radical (unpaired) electrons. The van der Waals surface area contributed by atoms with Crippen LogP contribution in [0.2, 0.25) is 0 Å².